The summed E-state index contributed by atoms with van der Waals surface area (Å²) in [4.78, 5) is 4.03. The molecule has 0 aliphatic rings. The quantitative estimate of drug-likeness (QED) is 0.934. The number of nitrogens with zero attached hydrogens (tertiary/aromatic N) is 2. The fraction of sp³-hybridized carbons (Fsp3) is 0.143. The van der Waals surface area contributed by atoms with Crippen molar-refractivity contribution >= 4 is 15.7 Å². The highest BCUT2D eigenvalue weighted by atomic mass is 32.2. The second-order valence-electron chi connectivity index (χ2n) is 4.31. The number of sulfonamides is 1. The molecule has 5 nitrogen and oxygen atoms in total. The number of pyridine rings is 1. The minimum Gasteiger partial charge on any atom is -0.281 e. The van der Waals surface area contributed by atoms with E-state index in [-0.39, 0.29) is 5.75 Å². The number of hydrogen-bond donors (Lipinski definition) is 1. The summed E-state index contributed by atoms with van der Waals surface area (Å²) >= 11 is 0. The van der Waals surface area contributed by atoms with Gasteiger partial charge in [0.2, 0.25) is 10.0 Å². The number of benzene rings is 1. The first-order valence-electron chi connectivity index (χ1n) is 5.91. The van der Waals surface area contributed by atoms with Gasteiger partial charge in [0.1, 0.15) is 0 Å². The van der Waals surface area contributed by atoms with Gasteiger partial charge >= 0.3 is 0 Å². The van der Waals surface area contributed by atoms with Gasteiger partial charge in [0.05, 0.1) is 28.8 Å². The zero-order chi connectivity index (χ0) is 14.6. The topological polar surface area (TPSA) is 82.8 Å². The van der Waals surface area contributed by atoms with Gasteiger partial charge in [-0.25, -0.2) is 8.42 Å². The molecule has 1 heterocycles. The predicted octanol–water partition coefficient (Wildman–Crippen LogP) is 2.20. The highest BCUT2D eigenvalue weighted by Gasteiger charge is 2.13. The molecular formula is C14H13N3O2S. The monoisotopic (exact) mass is 287 g/mol. The van der Waals surface area contributed by atoms with Gasteiger partial charge in [-0.2, -0.15) is 5.26 Å². The van der Waals surface area contributed by atoms with Crippen LogP contribution in [0, 0.1) is 18.3 Å². The minimum absolute atomic E-state index is 0.146. The zero-order valence-electron chi connectivity index (χ0n) is 10.9. The largest absolute Gasteiger partial charge is 0.281 e. The van der Waals surface area contributed by atoms with Crippen LogP contribution in [-0.2, 0) is 15.8 Å². The van der Waals surface area contributed by atoms with Crippen molar-refractivity contribution in [1.82, 2.24) is 4.98 Å². The van der Waals surface area contributed by atoms with Crippen LogP contribution in [0.15, 0.2) is 42.6 Å². The normalized spacial score (nSPS) is 10.8. The summed E-state index contributed by atoms with van der Waals surface area (Å²) in [7, 11) is -3.50. The Bertz CT molecular complexity index is 747. The molecule has 1 aromatic carbocycles. The molecule has 2 aromatic rings. The second kappa shape index (κ2) is 5.72. The molecule has 0 unspecified atom stereocenters. The van der Waals surface area contributed by atoms with E-state index in [9.17, 15) is 8.42 Å². The van der Waals surface area contributed by atoms with Crippen LogP contribution in [0.1, 0.15) is 16.8 Å². The van der Waals surface area contributed by atoms with Gasteiger partial charge < -0.3 is 0 Å². The maximum atomic E-state index is 12.1. The van der Waals surface area contributed by atoms with Gasteiger partial charge in [-0.1, -0.05) is 12.1 Å². The molecule has 1 aromatic heterocycles. The molecule has 0 amide bonds. The third kappa shape index (κ3) is 3.56. The van der Waals surface area contributed by atoms with Crippen LogP contribution in [0.5, 0.6) is 0 Å². The molecular weight excluding hydrogens is 274 g/mol. The summed E-state index contributed by atoms with van der Waals surface area (Å²) in [6.45, 7) is 1.74. The number of aryl methyl sites for hydroxylation is 1. The lowest BCUT2D eigenvalue weighted by Gasteiger charge is -2.09. The summed E-state index contributed by atoms with van der Waals surface area (Å²) < 4.78 is 26.7. The molecule has 0 radical (unpaired) electrons. The number of hydrogen-bond acceptors (Lipinski definition) is 4. The molecule has 20 heavy (non-hydrogen) atoms. The summed E-state index contributed by atoms with van der Waals surface area (Å²) in [6.07, 6.45) is 1.60. The van der Waals surface area contributed by atoms with Crippen molar-refractivity contribution in [3.8, 4) is 6.07 Å². The molecule has 0 atom stereocenters. The molecule has 1 N–H and O–H groups in total. The number of aromatic nitrogens is 1. The fourth-order valence-electron chi connectivity index (χ4n) is 1.69. The third-order valence-electron chi connectivity index (χ3n) is 2.71. The lowest BCUT2D eigenvalue weighted by Crippen LogP contribution is -2.16. The number of nitriles is 1. The van der Waals surface area contributed by atoms with E-state index >= 15 is 0 Å². The van der Waals surface area contributed by atoms with Crippen LogP contribution >= 0.6 is 0 Å². The van der Waals surface area contributed by atoms with Crippen molar-refractivity contribution < 1.29 is 8.42 Å². The highest BCUT2D eigenvalue weighted by molar-refractivity contribution is 7.91. The highest BCUT2D eigenvalue weighted by Crippen LogP contribution is 2.15. The van der Waals surface area contributed by atoms with E-state index in [0.29, 0.717) is 22.5 Å². The van der Waals surface area contributed by atoms with E-state index in [1.165, 1.54) is 0 Å². The Morgan fingerprint density at radius 2 is 1.95 bits per heavy atom. The first kappa shape index (κ1) is 14.0. The Labute approximate surface area is 118 Å². The van der Waals surface area contributed by atoms with Crippen LogP contribution in [0.2, 0.25) is 0 Å². The Morgan fingerprint density at radius 3 is 2.55 bits per heavy atom. The van der Waals surface area contributed by atoms with Gasteiger partial charge in [0.15, 0.2) is 0 Å². The van der Waals surface area contributed by atoms with Crippen LogP contribution < -0.4 is 4.72 Å². The van der Waals surface area contributed by atoms with E-state index in [1.807, 2.05) is 6.07 Å². The van der Waals surface area contributed by atoms with E-state index in [1.54, 1.807) is 49.5 Å². The van der Waals surface area contributed by atoms with Crippen LogP contribution in [0.4, 0.5) is 5.69 Å². The van der Waals surface area contributed by atoms with Crippen LogP contribution in [0.3, 0.4) is 0 Å². The average molecular weight is 287 g/mol. The molecule has 0 saturated carbocycles. The van der Waals surface area contributed by atoms with Crippen LogP contribution in [-0.4, -0.2) is 13.4 Å². The standard InChI is InChI=1S/C14H13N3O2S/c1-11-14(3-2-8-16-11)17-20(18,19)10-13-6-4-12(9-15)5-7-13/h2-8,17H,10H2,1H3. The molecule has 102 valence electrons. The van der Waals surface area contributed by atoms with Gasteiger partial charge in [-0.3, -0.25) is 9.71 Å². The molecule has 6 heteroatoms. The molecule has 0 bridgehead atoms. The van der Waals surface area contributed by atoms with Crippen molar-refractivity contribution in [2.24, 2.45) is 0 Å². The lowest BCUT2D eigenvalue weighted by molar-refractivity contribution is 0.600. The number of rotatable bonds is 4. The predicted molar refractivity (Wildman–Crippen MR) is 76.4 cm³/mol. The molecule has 0 spiro atoms. The fourth-order valence-corrected chi connectivity index (χ4v) is 2.94. The smallest absolute Gasteiger partial charge is 0.236 e. The van der Waals surface area contributed by atoms with E-state index in [2.05, 4.69) is 9.71 Å². The zero-order valence-corrected chi connectivity index (χ0v) is 11.7. The number of nitrogens with one attached hydrogen (secondary N) is 1. The van der Waals surface area contributed by atoms with Crippen molar-refractivity contribution in [1.29, 1.82) is 5.26 Å². The molecule has 0 saturated heterocycles. The van der Waals surface area contributed by atoms with Gasteiger partial charge in [0, 0.05) is 6.20 Å². The summed E-state index contributed by atoms with van der Waals surface area (Å²) in [5.74, 6) is -0.146. The van der Waals surface area contributed by atoms with E-state index < -0.39 is 10.0 Å². The van der Waals surface area contributed by atoms with Gasteiger partial charge in [-0.05, 0) is 36.8 Å². The Balaban J connectivity index is 2.15. The summed E-state index contributed by atoms with van der Waals surface area (Å²) in [5.41, 5.74) is 2.22. The molecule has 0 fully saturated rings. The maximum Gasteiger partial charge on any atom is 0.236 e. The Hall–Kier alpha value is -2.39. The second-order valence-corrected chi connectivity index (χ2v) is 6.03. The maximum absolute atomic E-state index is 12.1. The lowest BCUT2D eigenvalue weighted by atomic mass is 10.2. The van der Waals surface area contributed by atoms with Crippen molar-refractivity contribution in [3.63, 3.8) is 0 Å². The van der Waals surface area contributed by atoms with Crippen molar-refractivity contribution in [3.05, 3.63) is 59.4 Å². The molecule has 0 aliphatic carbocycles. The summed E-state index contributed by atoms with van der Waals surface area (Å²) in [6, 6.07) is 11.8. The van der Waals surface area contributed by atoms with Gasteiger partial charge in [-0.15, -0.1) is 0 Å². The van der Waals surface area contributed by atoms with Crippen molar-refractivity contribution in [2.75, 3.05) is 4.72 Å². The molecule has 2 rings (SSSR count). The van der Waals surface area contributed by atoms with E-state index in [4.69, 9.17) is 5.26 Å². The SMILES string of the molecule is Cc1ncccc1NS(=O)(=O)Cc1ccc(C#N)cc1. The third-order valence-corrected chi connectivity index (χ3v) is 3.96. The Morgan fingerprint density at radius 1 is 1.25 bits per heavy atom. The van der Waals surface area contributed by atoms with E-state index in [0.717, 1.165) is 0 Å². The first-order valence-corrected chi connectivity index (χ1v) is 7.56. The average Bonchev–Trinajstić information content (AvgIpc) is 2.41. The summed E-state index contributed by atoms with van der Waals surface area (Å²) in [5, 5.41) is 8.70. The Kier molecular flexibility index (Phi) is 4.01. The van der Waals surface area contributed by atoms with Gasteiger partial charge in [0.25, 0.3) is 0 Å². The minimum atomic E-state index is -3.50. The van der Waals surface area contributed by atoms with Crippen LogP contribution in [0.25, 0.3) is 0 Å². The first-order chi connectivity index (χ1) is 9.50. The van der Waals surface area contributed by atoms with Crippen molar-refractivity contribution in [2.45, 2.75) is 12.7 Å². The molecule has 0 aliphatic heterocycles. The number of anilines is 1.